The average molecular weight is 624 g/mol. The van der Waals surface area contributed by atoms with Gasteiger partial charge >= 0.3 is 68.9 Å². The number of hydrogen-bond donors (Lipinski definition) is 1. The van der Waals surface area contributed by atoms with Crippen LogP contribution in [0.4, 0.5) is 11.5 Å². The summed E-state index contributed by atoms with van der Waals surface area (Å²) in [6.45, 7) is 2.69. The molecule has 1 N–H and O–H groups in total. The van der Waals surface area contributed by atoms with Crippen LogP contribution in [0.3, 0.4) is 0 Å². The molecule has 1 aromatic heterocycles. The third-order valence-electron chi connectivity index (χ3n) is 5.71. The number of anilines is 2. The van der Waals surface area contributed by atoms with Crippen molar-refractivity contribution in [2.75, 3.05) is 38.5 Å². The molecule has 6 rings (SSSR count). The van der Waals surface area contributed by atoms with Gasteiger partial charge in [0.15, 0.2) is 11.5 Å². The van der Waals surface area contributed by atoms with E-state index in [1.807, 2.05) is 12.1 Å². The summed E-state index contributed by atoms with van der Waals surface area (Å²) in [5.74, 6) is 3.02. The van der Waals surface area contributed by atoms with E-state index in [9.17, 15) is 0 Å². The summed E-state index contributed by atoms with van der Waals surface area (Å²) in [5, 5.41) is 4.54. The monoisotopic (exact) mass is 623 g/mol. The van der Waals surface area contributed by atoms with Crippen LogP contribution in [-0.2, 0) is 9.47 Å². The van der Waals surface area contributed by atoms with E-state index in [-0.39, 0.29) is 92.6 Å². The molecule has 12 heteroatoms. The first-order valence-electron chi connectivity index (χ1n) is 10.9. The minimum absolute atomic E-state index is 0. The van der Waals surface area contributed by atoms with Gasteiger partial charge in [-0.15, -0.1) is 0 Å². The summed E-state index contributed by atoms with van der Waals surface area (Å²) in [4.78, 5) is 8.97. The molecular formula is C23H22ClCsFN3O6. The molecule has 2 saturated heterocycles. The zero-order chi connectivity index (χ0) is 22.2. The van der Waals surface area contributed by atoms with Crippen molar-refractivity contribution in [3.05, 3.63) is 35.6 Å². The summed E-state index contributed by atoms with van der Waals surface area (Å²) in [5.41, 5.74) is 1.26. The fraction of sp³-hybridized carbons (Fsp3) is 0.391. The molecule has 3 aliphatic heterocycles. The molecule has 1 atom stereocenters. The number of benzene rings is 2. The molecule has 0 aliphatic carbocycles. The van der Waals surface area contributed by atoms with E-state index < -0.39 is 0 Å². The van der Waals surface area contributed by atoms with Crippen LogP contribution in [0.1, 0.15) is 12.8 Å². The van der Waals surface area contributed by atoms with Crippen molar-refractivity contribution in [1.82, 2.24) is 9.97 Å². The van der Waals surface area contributed by atoms with Gasteiger partial charge in [-0.25, -0.2) is 9.97 Å². The molecule has 35 heavy (non-hydrogen) atoms. The molecule has 3 aliphatic rings. The Labute approximate surface area is 264 Å². The summed E-state index contributed by atoms with van der Waals surface area (Å²) >= 11 is 6.49. The van der Waals surface area contributed by atoms with Gasteiger partial charge in [0.25, 0.3) is 0 Å². The molecule has 0 amide bonds. The maximum Gasteiger partial charge on any atom is 1.00 e. The van der Waals surface area contributed by atoms with E-state index in [0.717, 1.165) is 24.8 Å². The van der Waals surface area contributed by atoms with Gasteiger partial charge in [0.05, 0.1) is 35.7 Å². The number of ether oxygens (including phenoxy) is 6. The Kier molecular flexibility index (Phi) is 9.27. The van der Waals surface area contributed by atoms with E-state index in [4.69, 9.17) is 40.0 Å². The molecule has 2 fully saturated rings. The number of fused-ring (bicyclic) bond motifs is 2. The van der Waals surface area contributed by atoms with Crippen molar-refractivity contribution in [1.29, 1.82) is 0 Å². The standard InChI is InChI=1S/C23H22ClN3O6.Cs.FH/c24-16-1-2-18-22(32-12-31-18)21(16)27-23-20-17(25-11-26-23)7-14(29-9-15-10-30-15)8-19(20)33-13-3-5-28-6-4-13;;/h1-2,7-8,11,13,15H,3-6,9-10,12H2,(H,25,26,27);;1H/q;+1;/p-1/t15-;;/m0../s1. The van der Waals surface area contributed by atoms with Crippen molar-refractivity contribution >= 4 is 34.0 Å². The Morgan fingerprint density at radius 1 is 1.11 bits per heavy atom. The third-order valence-corrected chi connectivity index (χ3v) is 6.02. The van der Waals surface area contributed by atoms with Crippen LogP contribution >= 0.6 is 11.6 Å². The normalized spacial score (nSPS) is 18.4. The first-order chi connectivity index (χ1) is 16.2. The molecule has 2 aromatic carbocycles. The first-order valence-corrected chi connectivity index (χ1v) is 11.2. The van der Waals surface area contributed by atoms with Gasteiger partial charge in [0, 0.05) is 25.0 Å². The maximum atomic E-state index is 6.49. The smallest absolute Gasteiger partial charge is 1.00 e. The van der Waals surface area contributed by atoms with Crippen molar-refractivity contribution in [2.45, 2.75) is 25.0 Å². The summed E-state index contributed by atoms with van der Waals surface area (Å²) in [6.07, 6.45) is 3.28. The summed E-state index contributed by atoms with van der Waals surface area (Å²) in [7, 11) is 0. The predicted molar refractivity (Wildman–Crippen MR) is 120 cm³/mol. The number of rotatable bonds is 7. The molecule has 4 heterocycles. The predicted octanol–water partition coefficient (Wildman–Crippen LogP) is -1.90. The van der Waals surface area contributed by atoms with Crippen LogP contribution in [0, 0.1) is 0 Å². The molecular weight excluding hydrogens is 602 g/mol. The minimum Gasteiger partial charge on any atom is -1.00 e. The molecule has 0 bridgehead atoms. The number of epoxide rings is 1. The van der Waals surface area contributed by atoms with Crippen LogP contribution in [0.2, 0.25) is 5.02 Å². The Morgan fingerprint density at radius 3 is 2.74 bits per heavy atom. The van der Waals surface area contributed by atoms with Crippen molar-refractivity contribution in [2.24, 2.45) is 0 Å². The van der Waals surface area contributed by atoms with Crippen LogP contribution in [0.5, 0.6) is 23.0 Å². The molecule has 180 valence electrons. The second kappa shape index (κ2) is 12.0. The Balaban J connectivity index is 0.00000144. The third kappa shape index (κ3) is 6.11. The molecule has 3 aromatic rings. The molecule has 0 unspecified atom stereocenters. The summed E-state index contributed by atoms with van der Waals surface area (Å²) in [6, 6.07) is 7.29. The van der Waals surface area contributed by atoms with Gasteiger partial charge < -0.3 is 38.4 Å². The van der Waals surface area contributed by atoms with Gasteiger partial charge in [-0.2, -0.15) is 0 Å². The fourth-order valence-electron chi connectivity index (χ4n) is 3.91. The van der Waals surface area contributed by atoms with Crippen molar-refractivity contribution < 1.29 is 102 Å². The zero-order valence-corrected chi connectivity index (χ0v) is 26.1. The van der Waals surface area contributed by atoms with E-state index >= 15 is 0 Å². The topological polar surface area (TPSA) is 96.5 Å². The van der Waals surface area contributed by atoms with E-state index in [0.29, 0.717) is 64.9 Å². The van der Waals surface area contributed by atoms with Crippen molar-refractivity contribution in [3.63, 3.8) is 0 Å². The number of aromatic nitrogens is 2. The fourth-order valence-corrected chi connectivity index (χ4v) is 4.11. The van der Waals surface area contributed by atoms with Crippen LogP contribution in [0.15, 0.2) is 30.6 Å². The number of hydrogen-bond acceptors (Lipinski definition) is 9. The van der Waals surface area contributed by atoms with E-state index in [1.54, 1.807) is 12.1 Å². The number of nitrogens with one attached hydrogen (secondary N) is 1. The quantitative estimate of drug-likeness (QED) is 0.303. The van der Waals surface area contributed by atoms with Gasteiger partial charge in [0.2, 0.25) is 6.79 Å². The zero-order valence-electron chi connectivity index (χ0n) is 19.1. The first kappa shape index (κ1) is 27.0. The molecule has 9 nitrogen and oxygen atoms in total. The Bertz CT molecular complexity index is 1200. The molecule has 0 radical (unpaired) electrons. The van der Waals surface area contributed by atoms with Gasteiger partial charge in [-0.3, -0.25) is 0 Å². The summed E-state index contributed by atoms with van der Waals surface area (Å²) < 4.78 is 34.2. The van der Waals surface area contributed by atoms with Gasteiger partial charge in [-0.05, 0) is 12.1 Å². The number of nitrogens with zero attached hydrogens (tertiary/aromatic N) is 2. The van der Waals surface area contributed by atoms with E-state index in [1.165, 1.54) is 6.33 Å². The van der Waals surface area contributed by atoms with E-state index in [2.05, 4.69) is 15.3 Å². The van der Waals surface area contributed by atoms with Crippen LogP contribution < -0.4 is 97.9 Å². The average Bonchev–Trinajstić information content (AvgIpc) is 3.54. The molecule has 0 saturated carbocycles. The molecule has 0 spiro atoms. The second-order valence-electron chi connectivity index (χ2n) is 8.01. The Morgan fingerprint density at radius 2 is 1.94 bits per heavy atom. The van der Waals surface area contributed by atoms with Crippen LogP contribution in [0.25, 0.3) is 10.9 Å². The van der Waals surface area contributed by atoms with Gasteiger partial charge in [-0.1, -0.05) is 11.6 Å². The van der Waals surface area contributed by atoms with Gasteiger partial charge in [0.1, 0.15) is 48.1 Å². The second-order valence-corrected chi connectivity index (χ2v) is 8.42. The van der Waals surface area contributed by atoms with Crippen LogP contribution in [-0.4, -0.2) is 55.4 Å². The number of halogens is 2. The minimum atomic E-state index is 0. The Hall–Kier alpha value is -1.03. The maximum absolute atomic E-state index is 6.49. The SMILES string of the molecule is Clc1ccc2c(c1Nc1ncnc3cc(OC[C@H]4CO4)cc(OC4CCOCC4)c13)OCO2.[Cs+].[F-]. The van der Waals surface area contributed by atoms with Crippen molar-refractivity contribution in [3.8, 4) is 23.0 Å². The largest absolute Gasteiger partial charge is 1.00 e.